The van der Waals surface area contributed by atoms with Gasteiger partial charge in [-0.2, -0.15) is 4.98 Å². The highest BCUT2D eigenvalue weighted by atomic mass is 35.5. The highest BCUT2D eigenvalue weighted by Crippen LogP contribution is 2.28. The number of thiocarbonyl (C=S) groups is 1. The van der Waals surface area contributed by atoms with Gasteiger partial charge in [-0.1, -0.05) is 35.9 Å². The van der Waals surface area contributed by atoms with Gasteiger partial charge in [0.25, 0.3) is 0 Å². The van der Waals surface area contributed by atoms with Crippen molar-refractivity contribution in [1.82, 2.24) is 15.3 Å². The summed E-state index contributed by atoms with van der Waals surface area (Å²) in [7, 11) is 0. The molecule has 1 saturated heterocycles. The van der Waals surface area contributed by atoms with Crippen LogP contribution < -0.4 is 15.5 Å². The minimum Gasteiger partial charge on any atom is -0.376 e. The van der Waals surface area contributed by atoms with E-state index in [1.807, 2.05) is 0 Å². The zero-order valence-electron chi connectivity index (χ0n) is 14.2. The van der Waals surface area contributed by atoms with E-state index in [-0.39, 0.29) is 6.10 Å². The van der Waals surface area contributed by atoms with Gasteiger partial charge in [0.15, 0.2) is 5.11 Å². The molecule has 0 amide bonds. The van der Waals surface area contributed by atoms with Gasteiger partial charge < -0.3 is 20.3 Å². The predicted octanol–water partition coefficient (Wildman–Crippen LogP) is 3.12. The molecule has 0 spiro atoms. The molecule has 6 nitrogen and oxygen atoms in total. The van der Waals surface area contributed by atoms with Gasteiger partial charge in [0.2, 0.25) is 5.95 Å². The molecule has 2 N–H and O–H groups in total. The summed E-state index contributed by atoms with van der Waals surface area (Å²) in [5.41, 5.74) is 2.62. The summed E-state index contributed by atoms with van der Waals surface area (Å²) in [4.78, 5) is 11.0. The standard InChI is InChI=1S/C18H20ClN5OS/c19-15-8-16(24-10-12-4-1-2-5-13(12)11-24)22-17(21-15)23-18(26)20-9-14-6-3-7-25-14/h1-2,4-5,8,14H,3,6-7,9-11H2,(H2,20,21,22,23,26)/t14-/m0/s1. The molecule has 0 radical (unpaired) electrons. The van der Waals surface area contributed by atoms with Crippen molar-refractivity contribution in [1.29, 1.82) is 0 Å². The molecule has 2 aromatic rings. The Labute approximate surface area is 162 Å². The van der Waals surface area contributed by atoms with Gasteiger partial charge in [-0.25, -0.2) is 4.98 Å². The van der Waals surface area contributed by atoms with Crippen LogP contribution in [0.2, 0.25) is 5.15 Å². The number of nitrogens with zero attached hydrogens (tertiary/aromatic N) is 3. The van der Waals surface area contributed by atoms with Gasteiger partial charge in [0.05, 0.1) is 6.10 Å². The molecule has 1 fully saturated rings. The molecular formula is C18H20ClN5OS. The number of anilines is 2. The van der Waals surface area contributed by atoms with E-state index in [2.05, 4.69) is 49.8 Å². The first-order valence-electron chi connectivity index (χ1n) is 8.70. The Bertz CT molecular complexity index is 787. The van der Waals surface area contributed by atoms with Crippen LogP contribution in [0.25, 0.3) is 0 Å². The Kier molecular flexibility index (Phi) is 5.19. The number of hydrogen-bond acceptors (Lipinski definition) is 5. The lowest BCUT2D eigenvalue weighted by atomic mass is 10.1. The smallest absolute Gasteiger partial charge is 0.232 e. The van der Waals surface area contributed by atoms with Gasteiger partial charge in [-0.3, -0.25) is 0 Å². The number of nitrogens with one attached hydrogen (secondary N) is 2. The molecule has 1 aromatic carbocycles. The van der Waals surface area contributed by atoms with E-state index in [9.17, 15) is 0 Å². The molecule has 0 bridgehead atoms. The maximum absolute atomic E-state index is 6.20. The molecule has 0 aliphatic carbocycles. The number of aromatic nitrogens is 2. The van der Waals surface area contributed by atoms with Crippen molar-refractivity contribution in [2.45, 2.75) is 32.0 Å². The summed E-state index contributed by atoms with van der Waals surface area (Å²) in [6, 6.07) is 10.2. The van der Waals surface area contributed by atoms with Crippen molar-refractivity contribution in [3.8, 4) is 0 Å². The molecule has 136 valence electrons. The second-order valence-corrected chi connectivity index (χ2v) is 7.26. The van der Waals surface area contributed by atoms with E-state index in [4.69, 9.17) is 28.6 Å². The van der Waals surface area contributed by atoms with Crippen LogP contribution in [0.15, 0.2) is 30.3 Å². The first kappa shape index (κ1) is 17.5. The molecule has 2 aliphatic rings. The van der Waals surface area contributed by atoms with Crippen LogP contribution in [0, 0.1) is 0 Å². The van der Waals surface area contributed by atoms with E-state index in [1.165, 1.54) is 11.1 Å². The van der Waals surface area contributed by atoms with Gasteiger partial charge >= 0.3 is 0 Å². The zero-order valence-corrected chi connectivity index (χ0v) is 15.8. The molecular weight excluding hydrogens is 370 g/mol. The van der Waals surface area contributed by atoms with Crippen molar-refractivity contribution in [2.24, 2.45) is 0 Å². The monoisotopic (exact) mass is 389 g/mol. The molecule has 26 heavy (non-hydrogen) atoms. The maximum atomic E-state index is 6.20. The van der Waals surface area contributed by atoms with E-state index in [0.717, 1.165) is 38.4 Å². The lowest BCUT2D eigenvalue weighted by molar-refractivity contribution is 0.114. The second-order valence-electron chi connectivity index (χ2n) is 6.47. The largest absolute Gasteiger partial charge is 0.376 e. The molecule has 0 saturated carbocycles. The van der Waals surface area contributed by atoms with Crippen molar-refractivity contribution < 1.29 is 4.74 Å². The van der Waals surface area contributed by atoms with Crippen LogP contribution in [0.4, 0.5) is 11.8 Å². The number of fused-ring (bicyclic) bond motifs is 1. The number of benzene rings is 1. The number of halogens is 1. The molecule has 0 unspecified atom stereocenters. The first-order chi connectivity index (χ1) is 12.7. The Morgan fingerprint density at radius 2 is 2.04 bits per heavy atom. The van der Waals surface area contributed by atoms with Gasteiger partial charge in [0, 0.05) is 32.3 Å². The highest BCUT2D eigenvalue weighted by Gasteiger charge is 2.21. The highest BCUT2D eigenvalue weighted by molar-refractivity contribution is 7.80. The third-order valence-corrected chi connectivity index (χ3v) is 5.03. The third kappa shape index (κ3) is 4.06. The SMILES string of the molecule is S=C(NC[C@@H]1CCCO1)Nc1nc(Cl)cc(N2Cc3ccccc3C2)n1. The molecule has 3 heterocycles. The van der Waals surface area contributed by atoms with E-state index in [0.29, 0.717) is 22.8 Å². The van der Waals surface area contributed by atoms with E-state index < -0.39 is 0 Å². The van der Waals surface area contributed by atoms with Crippen molar-refractivity contribution in [2.75, 3.05) is 23.4 Å². The predicted molar refractivity (Wildman–Crippen MR) is 107 cm³/mol. The normalized spacial score (nSPS) is 18.7. The summed E-state index contributed by atoms with van der Waals surface area (Å²) in [6.07, 6.45) is 2.38. The van der Waals surface area contributed by atoms with Gasteiger partial charge in [-0.15, -0.1) is 0 Å². The number of hydrogen-bond donors (Lipinski definition) is 2. The molecule has 1 atom stereocenters. The lowest BCUT2D eigenvalue weighted by Crippen LogP contribution is -2.35. The van der Waals surface area contributed by atoms with Crippen LogP contribution in [0.1, 0.15) is 24.0 Å². The van der Waals surface area contributed by atoms with Crippen LogP contribution in [-0.4, -0.2) is 34.3 Å². The summed E-state index contributed by atoms with van der Waals surface area (Å²) in [6.45, 7) is 3.13. The quantitative estimate of drug-likeness (QED) is 0.615. The van der Waals surface area contributed by atoms with E-state index >= 15 is 0 Å². The topological polar surface area (TPSA) is 62.3 Å². The summed E-state index contributed by atoms with van der Waals surface area (Å²) >= 11 is 11.5. The summed E-state index contributed by atoms with van der Waals surface area (Å²) < 4.78 is 5.58. The first-order valence-corrected chi connectivity index (χ1v) is 9.49. The Hall–Kier alpha value is -1.96. The Balaban J connectivity index is 1.41. The fourth-order valence-corrected chi connectivity index (χ4v) is 3.63. The summed E-state index contributed by atoms with van der Waals surface area (Å²) in [5.74, 6) is 1.18. The Morgan fingerprint density at radius 1 is 1.27 bits per heavy atom. The molecule has 8 heteroatoms. The van der Waals surface area contributed by atoms with Crippen molar-refractivity contribution in [3.63, 3.8) is 0 Å². The van der Waals surface area contributed by atoms with E-state index in [1.54, 1.807) is 6.07 Å². The molecule has 2 aliphatic heterocycles. The Morgan fingerprint density at radius 3 is 2.73 bits per heavy atom. The minimum absolute atomic E-state index is 0.216. The third-order valence-electron chi connectivity index (χ3n) is 4.59. The minimum atomic E-state index is 0.216. The second kappa shape index (κ2) is 7.73. The average molecular weight is 390 g/mol. The fourth-order valence-electron chi connectivity index (χ4n) is 3.28. The molecule has 1 aromatic heterocycles. The van der Waals surface area contributed by atoms with Crippen molar-refractivity contribution >= 4 is 40.7 Å². The van der Waals surface area contributed by atoms with Crippen LogP contribution in [-0.2, 0) is 17.8 Å². The van der Waals surface area contributed by atoms with Gasteiger partial charge in [0.1, 0.15) is 11.0 Å². The number of ether oxygens (including phenoxy) is 1. The fraction of sp³-hybridized carbons (Fsp3) is 0.389. The maximum Gasteiger partial charge on any atom is 0.232 e. The number of rotatable bonds is 4. The molecule has 4 rings (SSSR count). The van der Waals surface area contributed by atoms with Crippen molar-refractivity contribution in [3.05, 3.63) is 46.6 Å². The average Bonchev–Trinajstić information content (AvgIpc) is 3.29. The lowest BCUT2D eigenvalue weighted by Gasteiger charge is -2.18. The zero-order chi connectivity index (χ0) is 17.9. The van der Waals surface area contributed by atoms with Gasteiger partial charge in [-0.05, 0) is 36.2 Å². The van der Waals surface area contributed by atoms with Crippen LogP contribution in [0.3, 0.4) is 0 Å². The van der Waals surface area contributed by atoms with Crippen LogP contribution in [0.5, 0.6) is 0 Å². The van der Waals surface area contributed by atoms with Crippen LogP contribution >= 0.6 is 23.8 Å². The summed E-state index contributed by atoms with van der Waals surface area (Å²) in [5, 5.41) is 7.03.